The average Bonchev–Trinajstić information content (AvgIpc) is 3.68. The minimum absolute atomic E-state index is 0.217. The molecule has 0 radical (unpaired) electrons. The van der Waals surface area contributed by atoms with Crippen LogP contribution >= 0.6 is 0 Å². The zero-order valence-corrected chi connectivity index (χ0v) is 21.7. The number of anilines is 1. The van der Waals surface area contributed by atoms with Gasteiger partial charge >= 0.3 is 18.2 Å². The van der Waals surface area contributed by atoms with Crippen molar-refractivity contribution in [2.45, 2.75) is 37.5 Å². The van der Waals surface area contributed by atoms with Crippen LogP contribution in [0.5, 0.6) is 0 Å². The molecule has 0 saturated heterocycles. The highest BCUT2D eigenvalue weighted by Gasteiger charge is 2.51. The van der Waals surface area contributed by atoms with E-state index in [0.29, 0.717) is 24.2 Å². The molecule has 7 nitrogen and oxygen atoms in total. The highest BCUT2D eigenvalue weighted by Crippen LogP contribution is 2.48. The standard InChI is InChI=1S/C30H26F3N3O4/c1-18(22-4-3-5-24(16-22)30(31,32)33)40-28(39)35-26-25(17-34-36(26)2)21-8-6-19(7-9-21)20-10-12-23(13-11-20)29(14-15-29)27(37)38/h3-13,16-18H,14-15H2,1-2H3,(H,35,39)(H,37,38)/t18-/m1/s1. The van der Waals surface area contributed by atoms with Gasteiger partial charge in [0, 0.05) is 12.6 Å². The van der Waals surface area contributed by atoms with Gasteiger partial charge in [0.15, 0.2) is 0 Å². The number of carbonyl (C=O) groups excluding carboxylic acids is 1. The quantitative estimate of drug-likeness (QED) is 0.254. The van der Waals surface area contributed by atoms with Crippen LogP contribution < -0.4 is 5.32 Å². The van der Waals surface area contributed by atoms with Crippen molar-refractivity contribution >= 4 is 17.9 Å². The molecule has 0 aliphatic heterocycles. The molecule has 40 heavy (non-hydrogen) atoms. The van der Waals surface area contributed by atoms with Gasteiger partial charge in [-0.25, -0.2) is 4.79 Å². The van der Waals surface area contributed by atoms with E-state index in [1.54, 1.807) is 13.2 Å². The number of carboxylic acids is 1. The molecule has 5 rings (SSSR count). The van der Waals surface area contributed by atoms with E-state index < -0.39 is 35.3 Å². The first-order chi connectivity index (χ1) is 19.0. The molecule has 0 spiro atoms. The van der Waals surface area contributed by atoms with Crippen LogP contribution in [-0.4, -0.2) is 26.9 Å². The Morgan fingerprint density at radius 3 is 2.17 bits per heavy atom. The number of aromatic nitrogens is 2. The predicted octanol–water partition coefficient (Wildman–Crippen LogP) is 7.20. The summed E-state index contributed by atoms with van der Waals surface area (Å²) in [7, 11) is 1.65. The molecule has 1 fully saturated rings. The summed E-state index contributed by atoms with van der Waals surface area (Å²) < 4.78 is 46.0. The maximum Gasteiger partial charge on any atom is 0.416 e. The molecule has 1 atom stereocenters. The van der Waals surface area contributed by atoms with Crippen LogP contribution in [0.1, 0.15) is 42.6 Å². The SMILES string of the molecule is C[C@@H](OC(=O)Nc1c(-c2ccc(-c3ccc(C4(C(=O)O)CC4)cc3)cc2)cnn1C)c1cccc(C(F)(F)F)c1. The fraction of sp³-hybridized carbons (Fsp3) is 0.233. The molecule has 1 amide bonds. The second-order valence-electron chi connectivity index (χ2n) is 9.87. The lowest BCUT2D eigenvalue weighted by molar-refractivity contribution is -0.140. The second-order valence-corrected chi connectivity index (χ2v) is 9.87. The summed E-state index contributed by atoms with van der Waals surface area (Å²) in [5, 5.41) is 16.4. The van der Waals surface area contributed by atoms with Crippen molar-refractivity contribution in [2.24, 2.45) is 7.05 Å². The maximum absolute atomic E-state index is 13.1. The molecule has 4 aromatic rings. The van der Waals surface area contributed by atoms with E-state index in [4.69, 9.17) is 4.74 Å². The van der Waals surface area contributed by atoms with Crippen LogP contribution in [0.3, 0.4) is 0 Å². The molecule has 3 aromatic carbocycles. The number of amides is 1. The minimum atomic E-state index is -4.50. The normalized spacial score (nSPS) is 14.8. The van der Waals surface area contributed by atoms with E-state index in [1.165, 1.54) is 23.7 Å². The van der Waals surface area contributed by atoms with Crippen molar-refractivity contribution in [3.05, 3.63) is 95.7 Å². The third kappa shape index (κ3) is 5.29. The molecule has 0 unspecified atom stereocenters. The number of alkyl halides is 3. The predicted molar refractivity (Wildman–Crippen MR) is 143 cm³/mol. The Hall–Kier alpha value is -4.60. The van der Waals surface area contributed by atoms with Crippen molar-refractivity contribution in [3.63, 3.8) is 0 Å². The number of halogens is 3. The molecule has 1 aromatic heterocycles. The monoisotopic (exact) mass is 549 g/mol. The molecule has 1 aliphatic rings. The van der Waals surface area contributed by atoms with Crippen LogP contribution in [0.2, 0.25) is 0 Å². The van der Waals surface area contributed by atoms with Crippen molar-refractivity contribution < 1.29 is 32.6 Å². The lowest BCUT2D eigenvalue weighted by Crippen LogP contribution is -2.19. The van der Waals surface area contributed by atoms with Crippen molar-refractivity contribution in [1.82, 2.24) is 9.78 Å². The highest BCUT2D eigenvalue weighted by molar-refractivity contribution is 5.90. The van der Waals surface area contributed by atoms with Crippen LogP contribution in [0.4, 0.5) is 23.8 Å². The van der Waals surface area contributed by atoms with E-state index in [1.807, 2.05) is 48.5 Å². The average molecular weight is 550 g/mol. The van der Waals surface area contributed by atoms with Crippen molar-refractivity contribution in [1.29, 1.82) is 0 Å². The van der Waals surface area contributed by atoms with Crippen LogP contribution in [0.25, 0.3) is 22.3 Å². The van der Waals surface area contributed by atoms with Gasteiger partial charge in [-0.15, -0.1) is 0 Å². The number of carboxylic acid groups (broad SMARTS) is 1. The number of hydrogen-bond acceptors (Lipinski definition) is 4. The number of nitrogens with one attached hydrogen (secondary N) is 1. The van der Waals surface area contributed by atoms with Crippen LogP contribution in [0, 0.1) is 0 Å². The fourth-order valence-electron chi connectivity index (χ4n) is 4.69. The summed E-state index contributed by atoms with van der Waals surface area (Å²) in [6.45, 7) is 1.50. The highest BCUT2D eigenvalue weighted by atomic mass is 19.4. The summed E-state index contributed by atoms with van der Waals surface area (Å²) in [4.78, 5) is 24.3. The van der Waals surface area contributed by atoms with Gasteiger partial charge in [0.05, 0.1) is 17.2 Å². The molecule has 10 heteroatoms. The van der Waals surface area contributed by atoms with Crippen LogP contribution in [0.15, 0.2) is 79.0 Å². The van der Waals surface area contributed by atoms with E-state index in [9.17, 15) is 27.9 Å². The summed E-state index contributed by atoms with van der Waals surface area (Å²) in [6.07, 6.45) is -3.36. The Bertz CT molecular complexity index is 1560. The Labute approximate surface area is 228 Å². The van der Waals surface area contributed by atoms with Crippen molar-refractivity contribution in [3.8, 4) is 22.3 Å². The Kier molecular flexibility index (Phi) is 6.87. The third-order valence-electron chi connectivity index (χ3n) is 7.25. The number of benzene rings is 3. The van der Waals surface area contributed by atoms with Gasteiger partial charge in [-0.1, -0.05) is 60.7 Å². The largest absolute Gasteiger partial charge is 0.481 e. The van der Waals surface area contributed by atoms with Crippen LogP contribution in [-0.2, 0) is 28.2 Å². The number of nitrogens with zero attached hydrogens (tertiary/aromatic N) is 2. The van der Waals surface area contributed by atoms with E-state index in [-0.39, 0.29) is 5.56 Å². The summed E-state index contributed by atoms with van der Waals surface area (Å²) >= 11 is 0. The molecule has 2 N–H and O–H groups in total. The molecule has 1 heterocycles. The number of hydrogen-bond donors (Lipinski definition) is 2. The second kappa shape index (κ2) is 10.2. The first-order valence-electron chi connectivity index (χ1n) is 12.6. The number of ether oxygens (including phenoxy) is 1. The zero-order chi connectivity index (χ0) is 28.7. The first kappa shape index (κ1) is 27.0. The lowest BCUT2D eigenvalue weighted by Gasteiger charge is -2.16. The maximum atomic E-state index is 13.1. The van der Waals surface area contributed by atoms with Gasteiger partial charge in [-0.2, -0.15) is 18.3 Å². The van der Waals surface area contributed by atoms with Crippen molar-refractivity contribution in [2.75, 3.05) is 5.32 Å². The fourth-order valence-corrected chi connectivity index (χ4v) is 4.69. The Morgan fingerprint density at radius 2 is 1.60 bits per heavy atom. The molecule has 1 saturated carbocycles. The first-order valence-corrected chi connectivity index (χ1v) is 12.6. The molecular formula is C30H26F3N3O4. The van der Waals surface area contributed by atoms with Gasteiger partial charge in [0.1, 0.15) is 11.9 Å². The van der Waals surface area contributed by atoms with Gasteiger partial charge in [-0.05, 0) is 59.7 Å². The van der Waals surface area contributed by atoms with E-state index >= 15 is 0 Å². The van der Waals surface area contributed by atoms with Gasteiger partial charge < -0.3 is 9.84 Å². The molecule has 206 valence electrons. The number of aliphatic carboxylic acids is 1. The van der Waals surface area contributed by atoms with E-state index in [0.717, 1.165) is 34.4 Å². The topological polar surface area (TPSA) is 93.4 Å². The Morgan fingerprint density at radius 1 is 1.00 bits per heavy atom. The van der Waals surface area contributed by atoms with E-state index in [2.05, 4.69) is 10.4 Å². The molecular weight excluding hydrogens is 523 g/mol. The number of aryl methyl sites for hydroxylation is 1. The molecule has 1 aliphatic carbocycles. The third-order valence-corrected chi connectivity index (χ3v) is 7.25. The summed E-state index contributed by atoms with van der Waals surface area (Å²) in [6, 6.07) is 19.8. The Balaban J connectivity index is 1.29. The number of rotatable bonds is 7. The molecule has 0 bridgehead atoms. The van der Waals surface area contributed by atoms with Gasteiger partial charge in [-0.3, -0.25) is 14.8 Å². The smallest absolute Gasteiger partial charge is 0.416 e. The zero-order valence-electron chi connectivity index (χ0n) is 21.7. The lowest BCUT2D eigenvalue weighted by atomic mass is 9.93. The summed E-state index contributed by atoms with van der Waals surface area (Å²) in [5.74, 6) is -0.429. The minimum Gasteiger partial charge on any atom is -0.481 e. The van der Waals surface area contributed by atoms with Gasteiger partial charge in [0.2, 0.25) is 0 Å². The number of carbonyl (C=O) groups is 2. The summed E-state index contributed by atoms with van der Waals surface area (Å²) in [5.41, 5.74) is 2.73. The van der Waals surface area contributed by atoms with Gasteiger partial charge in [0.25, 0.3) is 0 Å².